The van der Waals surface area contributed by atoms with Crippen molar-refractivity contribution >= 4 is 5.97 Å². The van der Waals surface area contributed by atoms with E-state index in [4.69, 9.17) is 23.7 Å². The second-order valence-corrected chi connectivity index (χ2v) is 14.1. The molecule has 268 valence electrons. The van der Waals surface area contributed by atoms with Crippen LogP contribution in [0, 0.1) is 5.82 Å². The van der Waals surface area contributed by atoms with Crippen LogP contribution in [0.5, 0.6) is 40.2 Å². The van der Waals surface area contributed by atoms with E-state index in [2.05, 4.69) is 4.90 Å². The molecule has 0 saturated heterocycles. The molecule has 4 heterocycles. The predicted molar refractivity (Wildman–Crippen MR) is 189 cm³/mol. The number of nitrogens with zero attached hydrogens (tertiary/aromatic N) is 2. The lowest BCUT2D eigenvalue weighted by atomic mass is 9.84. The first-order valence-electron chi connectivity index (χ1n) is 17.6. The van der Waals surface area contributed by atoms with Crippen LogP contribution < -0.4 is 28.8 Å². The Bertz CT molecular complexity index is 1970. The summed E-state index contributed by atoms with van der Waals surface area (Å²) in [7, 11) is 8.69. The number of carboxylic acids is 1. The van der Waals surface area contributed by atoms with Crippen LogP contribution in [0.25, 0.3) is 0 Å². The fraction of sp³-hybridized carbons (Fsp3) is 0.390. The van der Waals surface area contributed by atoms with Gasteiger partial charge in [-0.15, -0.1) is 0 Å². The van der Waals surface area contributed by atoms with Gasteiger partial charge in [0, 0.05) is 43.0 Å². The number of ether oxygens (including phenoxy) is 5. The van der Waals surface area contributed by atoms with Gasteiger partial charge in [-0.2, -0.15) is 4.39 Å². The maximum atomic E-state index is 16.7. The zero-order valence-electron chi connectivity index (χ0n) is 30.1. The highest BCUT2D eigenvalue weighted by Crippen LogP contribution is 2.49. The summed E-state index contributed by atoms with van der Waals surface area (Å²) < 4.78 is 47.2. The normalized spacial score (nSPS) is 21.6. The van der Waals surface area contributed by atoms with Crippen LogP contribution >= 0.6 is 0 Å². The van der Waals surface area contributed by atoms with Crippen LogP contribution in [0.15, 0.2) is 60.7 Å². The Morgan fingerprint density at radius 1 is 0.902 bits per heavy atom. The van der Waals surface area contributed by atoms with Gasteiger partial charge < -0.3 is 38.1 Å². The fourth-order valence-corrected chi connectivity index (χ4v) is 8.47. The average Bonchev–Trinajstić information content (AvgIpc) is 3.12. The lowest BCUT2D eigenvalue weighted by molar-refractivity contribution is -0.958. The number of hydrogen-bond donors (Lipinski definition) is 0. The van der Waals surface area contributed by atoms with Gasteiger partial charge in [0.1, 0.15) is 17.8 Å². The number of rotatable bonds is 6. The fourth-order valence-electron chi connectivity index (χ4n) is 8.47. The highest BCUT2D eigenvalue weighted by Gasteiger charge is 2.45. The standard InChI is InChI=1S/C41H45FN2O7/c1-7-31(41(45)46)44(3)17-15-26-21-34(48-5)36-23-29(26)32(44)19-24-8-11-28(12-9-24)50-35-20-25(10-13-33(35)47-4)18-30-38-27(14-16-43(30)2)22-37(49-6)39(42)40(38)51-36/h8-13,20-23,30-32H,7,14-19H2,1-6H3. The van der Waals surface area contributed by atoms with Gasteiger partial charge in [0.2, 0.25) is 5.82 Å². The molecule has 4 aliphatic heterocycles. The molecule has 0 aliphatic carbocycles. The maximum absolute atomic E-state index is 16.7. The minimum absolute atomic E-state index is 0.0888. The molecule has 0 spiro atoms. The van der Waals surface area contributed by atoms with E-state index in [1.807, 2.05) is 75.6 Å². The first-order valence-corrected chi connectivity index (χ1v) is 17.6. The van der Waals surface area contributed by atoms with E-state index < -0.39 is 17.8 Å². The van der Waals surface area contributed by atoms with Crippen molar-refractivity contribution in [2.75, 3.05) is 48.5 Å². The molecule has 0 N–H and O–H groups in total. The van der Waals surface area contributed by atoms with Crippen LogP contribution in [0.2, 0.25) is 0 Å². The van der Waals surface area contributed by atoms with E-state index in [1.165, 1.54) is 7.11 Å². The molecule has 6 bridgehead atoms. The highest BCUT2D eigenvalue weighted by molar-refractivity contribution is 5.70. The number of benzene rings is 4. The van der Waals surface area contributed by atoms with Crippen LogP contribution in [0.1, 0.15) is 58.8 Å². The van der Waals surface area contributed by atoms with Crippen molar-refractivity contribution < 1.29 is 42.5 Å². The summed E-state index contributed by atoms with van der Waals surface area (Å²) in [5, 5.41) is 12.7. The Kier molecular flexibility index (Phi) is 9.32. The van der Waals surface area contributed by atoms with E-state index in [0.717, 1.165) is 39.9 Å². The van der Waals surface area contributed by atoms with Gasteiger partial charge in [0.25, 0.3) is 0 Å². The Labute approximate surface area is 298 Å². The van der Waals surface area contributed by atoms with E-state index >= 15 is 4.39 Å². The van der Waals surface area contributed by atoms with Gasteiger partial charge >= 0.3 is 0 Å². The molecule has 4 aromatic carbocycles. The van der Waals surface area contributed by atoms with E-state index in [1.54, 1.807) is 20.3 Å². The van der Waals surface area contributed by atoms with E-state index in [9.17, 15) is 9.90 Å². The minimum Gasteiger partial charge on any atom is -0.544 e. The molecule has 0 radical (unpaired) electrons. The van der Waals surface area contributed by atoms with Gasteiger partial charge in [0.15, 0.2) is 34.5 Å². The summed E-state index contributed by atoms with van der Waals surface area (Å²) in [5.74, 6) is 1.17. The third kappa shape index (κ3) is 6.14. The van der Waals surface area contributed by atoms with Gasteiger partial charge in [-0.1, -0.05) is 25.1 Å². The Balaban J connectivity index is 1.48. The monoisotopic (exact) mass is 696 g/mol. The van der Waals surface area contributed by atoms with Gasteiger partial charge in [-0.05, 0) is 84.6 Å². The quantitative estimate of drug-likeness (QED) is 0.216. The first-order chi connectivity index (χ1) is 24.6. The molecular weight excluding hydrogens is 651 g/mol. The molecule has 0 amide bonds. The third-order valence-corrected chi connectivity index (χ3v) is 11.3. The molecular formula is C41H45FN2O7. The average molecular weight is 697 g/mol. The van der Waals surface area contributed by atoms with Crippen molar-refractivity contribution in [1.82, 2.24) is 4.90 Å². The number of halogens is 1. The molecule has 4 atom stereocenters. The topological polar surface area (TPSA) is 89.5 Å². The second-order valence-electron chi connectivity index (χ2n) is 14.1. The number of likely N-dealkylation sites (N-methyl/N-ethyl adjacent to an activating group) is 2. The van der Waals surface area contributed by atoms with Crippen molar-refractivity contribution in [3.63, 3.8) is 0 Å². The number of carbonyl (C=O) groups is 1. The summed E-state index contributed by atoms with van der Waals surface area (Å²) >= 11 is 0. The van der Waals surface area contributed by atoms with Gasteiger partial charge in [0.05, 0.1) is 40.9 Å². The number of aliphatic carboxylic acids is 1. The summed E-state index contributed by atoms with van der Waals surface area (Å²) in [4.78, 5) is 14.9. The highest BCUT2D eigenvalue weighted by atomic mass is 19.1. The maximum Gasteiger partial charge on any atom is 0.207 e. The summed E-state index contributed by atoms with van der Waals surface area (Å²) in [6.07, 6.45) is 2.81. The van der Waals surface area contributed by atoms with E-state index in [0.29, 0.717) is 67.4 Å². The molecule has 10 heteroatoms. The lowest BCUT2D eigenvalue weighted by Gasteiger charge is -2.50. The predicted octanol–water partition coefficient (Wildman–Crippen LogP) is 6.34. The summed E-state index contributed by atoms with van der Waals surface area (Å²) in [6, 6.07) is 18.2. The molecule has 9 nitrogen and oxygen atoms in total. The SMILES string of the molecule is CCC(C(=O)[O-])[N+]1(C)CCc2cc(OC)c3cc2C1Cc1ccc(cc1)Oc1cc(ccc1OC)CC1c2c(cc(OC)c(F)c2O3)CCN1C. The van der Waals surface area contributed by atoms with Crippen molar-refractivity contribution in [3.05, 3.63) is 99.9 Å². The Morgan fingerprint density at radius 2 is 1.59 bits per heavy atom. The molecule has 8 rings (SSSR count). The molecule has 4 aromatic rings. The van der Waals surface area contributed by atoms with Gasteiger partial charge in [-0.3, -0.25) is 4.90 Å². The smallest absolute Gasteiger partial charge is 0.207 e. The number of methoxy groups -OCH3 is 3. The Hall–Kier alpha value is -4.80. The molecule has 4 aliphatic rings. The zero-order chi connectivity index (χ0) is 36.0. The van der Waals surface area contributed by atoms with Crippen molar-refractivity contribution in [2.24, 2.45) is 0 Å². The van der Waals surface area contributed by atoms with Crippen LogP contribution in [-0.4, -0.2) is 69.9 Å². The largest absolute Gasteiger partial charge is 0.544 e. The number of carboxylic acid groups (broad SMARTS) is 1. The molecule has 0 aromatic heterocycles. The third-order valence-electron chi connectivity index (χ3n) is 11.3. The zero-order valence-corrected chi connectivity index (χ0v) is 30.1. The lowest BCUT2D eigenvalue weighted by Crippen LogP contribution is -2.63. The van der Waals surface area contributed by atoms with Crippen molar-refractivity contribution in [2.45, 2.75) is 57.2 Å². The number of carbonyl (C=O) groups excluding carboxylic acids is 1. The molecule has 0 fully saturated rings. The molecule has 4 unspecified atom stereocenters. The van der Waals surface area contributed by atoms with Crippen molar-refractivity contribution in [3.8, 4) is 40.2 Å². The van der Waals surface area contributed by atoms with Crippen LogP contribution in [-0.2, 0) is 30.5 Å². The van der Waals surface area contributed by atoms with Gasteiger partial charge in [-0.25, -0.2) is 0 Å². The summed E-state index contributed by atoms with van der Waals surface area (Å²) in [6.45, 7) is 3.24. The summed E-state index contributed by atoms with van der Waals surface area (Å²) in [5.41, 5.74) is 5.67. The molecule has 51 heavy (non-hydrogen) atoms. The minimum atomic E-state index is -1.08. The number of hydrogen-bond acceptors (Lipinski definition) is 8. The van der Waals surface area contributed by atoms with Crippen molar-refractivity contribution in [1.29, 1.82) is 0 Å². The number of fused-ring (bicyclic) bond motifs is 2. The van der Waals surface area contributed by atoms with Crippen LogP contribution in [0.4, 0.5) is 4.39 Å². The van der Waals surface area contributed by atoms with E-state index in [-0.39, 0.29) is 28.1 Å². The molecule has 0 saturated carbocycles. The van der Waals surface area contributed by atoms with Crippen LogP contribution in [0.3, 0.4) is 0 Å². The number of quaternary nitrogens is 1. The second kappa shape index (κ2) is 13.7. The Morgan fingerprint density at radius 3 is 2.27 bits per heavy atom. The first kappa shape index (κ1) is 34.6.